The number of hydrogen-bond acceptors (Lipinski definition) is 5. The van der Waals surface area contributed by atoms with E-state index >= 15 is 0 Å². The molecule has 1 aromatic heterocycles. The van der Waals surface area contributed by atoms with Crippen LogP contribution < -0.4 is 10.5 Å². The maximum atomic E-state index is 11.8. The average Bonchev–Trinajstić information content (AvgIpc) is 2.47. The Morgan fingerprint density at radius 2 is 2.00 bits per heavy atom. The molecule has 1 saturated heterocycles. The quantitative estimate of drug-likeness (QED) is 0.846. The summed E-state index contributed by atoms with van der Waals surface area (Å²) in [7, 11) is 0. The van der Waals surface area contributed by atoms with Crippen molar-refractivity contribution in [1.82, 2.24) is 0 Å². The molecule has 0 aliphatic carbocycles. The molecule has 1 N–H and O–H groups in total. The first kappa shape index (κ1) is 13.6. The maximum absolute atomic E-state index is 11.8. The standard InChI is InChI=1S/C15H15NO5/c1-9-11-3-2-10(16-4-6-20-7-5-16)8-12(11)21-15(19)13(9)14(17)18/h2-3,8H,4-7H2,1H3,(H,17,18). The van der Waals surface area contributed by atoms with Crippen molar-refractivity contribution in [3.8, 4) is 0 Å². The topological polar surface area (TPSA) is 80.0 Å². The molecule has 3 rings (SSSR count). The molecule has 1 aliphatic rings. The molecule has 0 unspecified atom stereocenters. The normalized spacial score (nSPS) is 15.4. The molecule has 2 aromatic rings. The van der Waals surface area contributed by atoms with Gasteiger partial charge in [-0.1, -0.05) is 0 Å². The molecule has 2 heterocycles. The predicted molar refractivity (Wildman–Crippen MR) is 77.2 cm³/mol. The van der Waals surface area contributed by atoms with E-state index in [0.717, 1.165) is 18.8 Å². The lowest BCUT2D eigenvalue weighted by Crippen LogP contribution is -2.36. The smallest absolute Gasteiger partial charge is 0.351 e. The summed E-state index contributed by atoms with van der Waals surface area (Å²) in [5, 5.41) is 9.72. The zero-order valence-corrected chi connectivity index (χ0v) is 11.6. The van der Waals surface area contributed by atoms with E-state index in [1.165, 1.54) is 0 Å². The predicted octanol–water partition coefficient (Wildman–Crippen LogP) is 1.64. The van der Waals surface area contributed by atoms with E-state index in [-0.39, 0.29) is 5.56 Å². The van der Waals surface area contributed by atoms with Crippen LogP contribution in [0.5, 0.6) is 0 Å². The molecule has 0 spiro atoms. The summed E-state index contributed by atoms with van der Waals surface area (Å²) in [4.78, 5) is 25.1. The van der Waals surface area contributed by atoms with Crippen LogP contribution in [0.25, 0.3) is 11.0 Å². The van der Waals surface area contributed by atoms with Gasteiger partial charge in [-0.3, -0.25) is 0 Å². The van der Waals surface area contributed by atoms with Crippen LogP contribution in [0.4, 0.5) is 5.69 Å². The van der Waals surface area contributed by atoms with Crippen molar-refractivity contribution in [3.05, 3.63) is 39.7 Å². The Kier molecular flexibility index (Phi) is 3.39. The Labute approximate surface area is 120 Å². The highest BCUT2D eigenvalue weighted by atomic mass is 16.5. The van der Waals surface area contributed by atoms with Crippen LogP contribution >= 0.6 is 0 Å². The Balaban J connectivity index is 2.12. The molecule has 110 valence electrons. The van der Waals surface area contributed by atoms with Gasteiger partial charge in [-0.25, -0.2) is 9.59 Å². The summed E-state index contributed by atoms with van der Waals surface area (Å²) in [6.45, 7) is 4.51. The number of hydrogen-bond donors (Lipinski definition) is 1. The van der Waals surface area contributed by atoms with Gasteiger partial charge in [-0.2, -0.15) is 0 Å². The first-order valence-electron chi connectivity index (χ1n) is 6.71. The van der Waals surface area contributed by atoms with E-state index in [4.69, 9.17) is 14.3 Å². The highest BCUT2D eigenvalue weighted by Crippen LogP contribution is 2.25. The van der Waals surface area contributed by atoms with Gasteiger partial charge >= 0.3 is 11.6 Å². The number of rotatable bonds is 2. The van der Waals surface area contributed by atoms with Crippen molar-refractivity contribution in [3.63, 3.8) is 0 Å². The van der Waals surface area contributed by atoms with E-state index in [9.17, 15) is 9.59 Å². The summed E-state index contributed by atoms with van der Waals surface area (Å²) < 4.78 is 10.5. The monoisotopic (exact) mass is 289 g/mol. The minimum Gasteiger partial charge on any atom is -0.477 e. The minimum atomic E-state index is -1.26. The number of carboxylic acid groups (broad SMARTS) is 1. The number of morpholine rings is 1. The first-order chi connectivity index (χ1) is 10.1. The van der Waals surface area contributed by atoms with E-state index in [1.54, 1.807) is 19.1 Å². The lowest BCUT2D eigenvalue weighted by atomic mass is 10.1. The number of aromatic carboxylic acids is 1. The van der Waals surface area contributed by atoms with E-state index in [1.807, 2.05) is 6.07 Å². The summed E-state index contributed by atoms with van der Waals surface area (Å²) in [5.41, 5.74) is 0.665. The van der Waals surface area contributed by atoms with Gasteiger partial charge in [0.05, 0.1) is 13.2 Å². The Morgan fingerprint density at radius 1 is 1.29 bits per heavy atom. The number of ether oxygens (including phenoxy) is 1. The molecule has 1 aliphatic heterocycles. The lowest BCUT2D eigenvalue weighted by molar-refractivity contribution is 0.0691. The van der Waals surface area contributed by atoms with Crippen molar-refractivity contribution < 1.29 is 19.1 Å². The third-order valence-corrected chi connectivity index (χ3v) is 3.74. The molecule has 0 amide bonds. The molecule has 0 radical (unpaired) electrons. The third kappa shape index (κ3) is 2.38. The number of aryl methyl sites for hydroxylation is 1. The summed E-state index contributed by atoms with van der Waals surface area (Å²) in [6.07, 6.45) is 0. The highest BCUT2D eigenvalue weighted by molar-refractivity contribution is 5.95. The second kappa shape index (κ2) is 5.21. The van der Waals surface area contributed by atoms with Crippen LogP contribution in [0, 0.1) is 6.92 Å². The fourth-order valence-corrected chi connectivity index (χ4v) is 2.61. The Bertz CT molecular complexity index is 758. The van der Waals surface area contributed by atoms with Gasteiger partial charge in [0, 0.05) is 30.2 Å². The number of carbonyl (C=O) groups is 1. The molecular weight excluding hydrogens is 274 g/mol. The molecule has 1 fully saturated rings. The van der Waals surface area contributed by atoms with Crippen molar-refractivity contribution >= 4 is 22.6 Å². The number of benzene rings is 1. The average molecular weight is 289 g/mol. The van der Waals surface area contributed by atoms with Gasteiger partial charge in [0.15, 0.2) is 0 Å². The third-order valence-electron chi connectivity index (χ3n) is 3.74. The largest absolute Gasteiger partial charge is 0.477 e. The summed E-state index contributed by atoms with van der Waals surface area (Å²) in [5.74, 6) is -1.26. The van der Waals surface area contributed by atoms with Crippen LogP contribution in [0.3, 0.4) is 0 Å². The molecule has 0 saturated carbocycles. The molecule has 0 bridgehead atoms. The van der Waals surface area contributed by atoms with Gasteiger partial charge < -0.3 is 19.2 Å². The van der Waals surface area contributed by atoms with E-state index in [2.05, 4.69) is 4.90 Å². The van der Waals surface area contributed by atoms with Crippen molar-refractivity contribution in [2.75, 3.05) is 31.2 Å². The lowest BCUT2D eigenvalue weighted by Gasteiger charge is -2.28. The second-order valence-electron chi connectivity index (χ2n) is 4.97. The van der Waals surface area contributed by atoms with E-state index in [0.29, 0.717) is 29.7 Å². The summed E-state index contributed by atoms with van der Waals surface area (Å²) >= 11 is 0. The second-order valence-corrected chi connectivity index (χ2v) is 4.97. The zero-order chi connectivity index (χ0) is 15.0. The summed E-state index contributed by atoms with van der Waals surface area (Å²) in [6, 6.07) is 5.48. The van der Waals surface area contributed by atoms with Gasteiger partial charge in [-0.05, 0) is 24.6 Å². The molecule has 21 heavy (non-hydrogen) atoms. The van der Waals surface area contributed by atoms with Crippen molar-refractivity contribution in [2.45, 2.75) is 6.92 Å². The van der Waals surface area contributed by atoms with Crippen molar-refractivity contribution in [2.24, 2.45) is 0 Å². The fraction of sp³-hybridized carbons (Fsp3) is 0.333. The number of carboxylic acids is 1. The zero-order valence-electron chi connectivity index (χ0n) is 11.6. The van der Waals surface area contributed by atoms with Crippen LogP contribution in [0.1, 0.15) is 15.9 Å². The SMILES string of the molecule is Cc1c(C(=O)O)c(=O)oc2cc(N3CCOCC3)ccc12. The number of nitrogens with zero attached hydrogens (tertiary/aromatic N) is 1. The number of anilines is 1. The Hall–Kier alpha value is -2.34. The molecule has 6 nitrogen and oxygen atoms in total. The molecular formula is C15H15NO5. The molecule has 0 atom stereocenters. The number of fused-ring (bicyclic) bond motifs is 1. The Morgan fingerprint density at radius 3 is 2.67 bits per heavy atom. The molecule has 6 heteroatoms. The van der Waals surface area contributed by atoms with Gasteiger partial charge in [0.1, 0.15) is 11.1 Å². The highest BCUT2D eigenvalue weighted by Gasteiger charge is 2.18. The fourth-order valence-electron chi connectivity index (χ4n) is 2.61. The van der Waals surface area contributed by atoms with Crippen LogP contribution in [-0.4, -0.2) is 37.4 Å². The molecule has 1 aromatic carbocycles. The van der Waals surface area contributed by atoms with Crippen LogP contribution in [0.2, 0.25) is 0 Å². The van der Waals surface area contributed by atoms with Crippen LogP contribution in [0.15, 0.2) is 27.4 Å². The first-order valence-corrected chi connectivity index (χ1v) is 6.71. The van der Waals surface area contributed by atoms with Crippen LogP contribution in [-0.2, 0) is 4.74 Å². The maximum Gasteiger partial charge on any atom is 0.351 e. The van der Waals surface area contributed by atoms with Gasteiger partial charge in [0.2, 0.25) is 0 Å². The van der Waals surface area contributed by atoms with E-state index < -0.39 is 11.6 Å². The van der Waals surface area contributed by atoms with Gasteiger partial charge in [-0.15, -0.1) is 0 Å². The van der Waals surface area contributed by atoms with Crippen molar-refractivity contribution in [1.29, 1.82) is 0 Å². The van der Waals surface area contributed by atoms with Gasteiger partial charge in [0.25, 0.3) is 0 Å². The minimum absolute atomic E-state index is 0.304.